The molecule has 1 aromatic carbocycles. The number of tetrazole rings is 1. The highest BCUT2D eigenvalue weighted by molar-refractivity contribution is 5.61. The van der Waals surface area contributed by atoms with Crippen molar-refractivity contribution in [2.45, 2.75) is 38.6 Å². The molecular formula is C14H18FN5. The van der Waals surface area contributed by atoms with E-state index in [1.807, 2.05) is 4.68 Å². The third-order valence-corrected chi connectivity index (χ3v) is 4.00. The van der Waals surface area contributed by atoms with Crippen molar-refractivity contribution in [3.63, 3.8) is 0 Å². The van der Waals surface area contributed by atoms with E-state index < -0.39 is 0 Å². The van der Waals surface area contributed by atoms with Crippen molar-refractivity contribution in [2.24, 2.45) is 5.92 Å². The maximum Gasteiger partial charge on any atom is 0.182 e. The minimum Gasteiger partial charge on any atom is -0.399 e. The number of aromatic nitrogens is 4. The number of nitrogen functional groups attached to an aromatic ring is 1. The Morgan fingerprint density at radius 3 is 2.65 bits per heavy atom. The molecule has 0 bridgehead atoms. The van der Waals surface area contributed by atoms with Gasteiger partial charge < -0.3 is 5.73 Å². The van der Waals surface area contributed by atoms with Crippen molar-refractivity contribution < 1.29 is 4.39 Å². The van der Waals surface area contributed by atoms with Crippen molar-refractivity contribution in [1.82, 2.24) is 20.2 Å². The fourth-order valence-corrected chi connectivity index (χ4v) is 2.86. The largest absolute Gasteiger partial charge is 0.399 e. The molecule has 1 aliphatic rings. The van der Waals surface area contributed by atoms with E-state index in [-0.39, 0.29) is 5.82 Å². The third kappa shape index (κ3) is 2.50. The summed E-state index contributed by atoms with van der Waals surface area (Å²) in [6.07, 6.45) is 4.47. The molecular weight excluding hydrogens is 257 g/mol. The van der Waals surface area contributed by atoms with Crippen LogP contribution in [0.3, 0.4) is 0 Å². The Labute approximate surface area is 117 Å². The van der Waals surface area contributed by atoms with Gasteiger partial charge in [0.05, 0.1) is 6.04 Å². The zero-order valence-electron chi connectivity index (χ0n) is 11.5. The lowest BCUT2D eigenvalue weighted by Gasteiger charge is -2.26. The summed E-state index contributed by atoms with van der Waals surface area (Å²) in [5, 5.41) is 11.9. The second-order valence-corrected chi connectivity index (χ2v) is 5.63. The molecule has 0 aliphatic heterocycles. The molecule has 1 aromatic heterocycles. The summed E-state index contributed by atoms with van der Waals surface area (Å²) >= 11 is 0. The molecule has 20 heavy (non-hydrogen) atoms. The van der Waals surface area contributed by atoms with Crippen LogP contribution in [0.2, 0.25) is 0 Å². The van der Waals surface area contributed by atoms with E-state index in [2.05, 4.69) is 22.4 Å². The van der Waals surface area contributed by atoms with Crippen LogP contribution in [0.15, 0.2) is 18.2 Å². The van der Waals surface area contributed by atoms with E-state index in [0.717, 1.165) is 18.8 Å². The molecule has 106 valence electrons. The molecule has 1 fully saturated rings. The molecule has 0 unspecified atom stereocenters. The molecule has 1 saturated carbocycles. The van der Waals surface area contributed by atoms with Gasteiger partial charge in [0.1, 0.15) is 5.82 Å². The Bertz CT molecular complexity index is 581. The van der Waals surface area contributed by atoms with Gasteiger partial charge in [0.2, 0.25) is 0 Å². The van der Waals surface area contributed by atoms with E-state index >= 15 is 0 Å². The normalized spacial score (nSPS) is 22.9. The number of halogens is 1. The first-order valence-electron chi connectivity index (χ1n) is 6.98. The molecule has 0 saturated heterocycles. The topological polar surface area (TPSA) is 69.6 Å². The van der Waals surface area contributed by atoms with Crippen molar-refractivity contribution in [3.05, 3.63) is 24.0 Å². The predicted octanol–water partition coefficient (Wildman–Crippen LogP) is 2.81. The van der Waals surface area contributed by atoms with Gasteiger partial charge in [-0.15, -0.1) is 5.10 Å². The molecule has 5 nitrogen and oxygen atoms in total. The Kier molecular flexibility index (Phi) is 3.38. The summed E-state index contributed by atoms with van der Waals surface area (Å²) in [7, 11) is 0. The van der Waals surface area contributed by atoms with Gasteiger partial charge in [-0.25, -0.2) is 9.07 Å². The summed E-state index contributed by atoms with van der Waals surface area (Å²) in [4.78, 5) is 0. The van der Waals surface area contributed by atoms with Crippen molar-refractivity contribution >= 4 is 5.69 Å². The average molecular weight is 275 g/mol. The zero-order chi connectivity index (χ0) is 14.1. The first-order valence-corrected chi connectivity index (χ1v) is 6.98. The maximum atomic E-state index is 13.5. The van der Waals surface area contributed by atoms with Crippen LogP contribution in [-0.2, 0) is 0 Å². The van der Waals surface area contributed by atoms with Gasteiger partial charge in [-0.2, -0.15) is 0 Å². The van der Waals surface area contributed by atoms with Gasteiger partial charge >= 0.3 is 0 Å². The van der Waals surface area contributed by atoms with Crippen molar-refractivity contribution in [2.75, 3.05) is 5.73 Å². The van der Waals surface area contributed by atoms with Crippen LogP contribution < -0.4 is 5.73 Å². The second kappa shape index (κ2) is 5.19. The van der Waals surface area contributed by atoms with Crippen LogP contribution in [0.5, 0.6) is 0 Å². The molecule has 0 radical (unpaired) electrons. The fourth-order valence-electron chi connectivity index (χ4n) is 2.86. The lowest BCUT2D eigenvalue weighted by atomic mass is 9.87. The van der Waals surface area contributed by atoms with Crippen LogP contribution in [0, 0.1) is 11.7 Å². The molecule has 2 aromatic rings. The highest BCUT2D eigenvalue weighted by Crippen LogP contribution is 2.33. The summed E-state index contributed by atoms with van der Waals surface area (Å²) in [5.74, 6) is 0.985. The monoisotopic (exact) mass is 275 g/mol. The molecule has 0 spiro atoms. The Morgan fingerprint density at radius 2 is 1.95 bits per heavy atom. The molecule has 3 rings (SSSR count). The summed E-state index contributed by atoms with van der Waals surface area (Å²) in [5.41, 5.74) is 6.71. The maximum absolute atomic E-state index is 13.5. The van der Waals surface area contributed by atoms with E-state index in [1.54, 1.807) is 6.07 Å². The number of rotatable bonds is 2. The molecule has 0 amide bonds. The van der Waals surface area contributed by atoms with Crippen LogP contribution in [0.4, 0.5) is 10.1 Å². The molecule has 1 aliphatic carbocycles. The highest BCUT2D eigenvalue weighted by Gasteiger charge is 2.23. The highest BCUT2D eigenvalue weighted by atomic mass is 19.1. The number of nitrogens with two attached hydrogens (primary N) is 1. The van der Waals surface area contributed by atoms with Crippen molar-refractivity contribution in [1.29, 1.82) is 0 Å². The first kappa shape index (κ1) is 13.0. The Balaban J connectivity index is 1.93. The van der Waals surface area contributed by atoms with E-state index in [0.29, 0.717) is 23.1 Å². The Hall–Kier alpha value is -1.98. The summed E-state index contributed by atoms with van der Waals surface area (Å²) < 4.78 is 15.3. The number of anilines is 1. The van der Waals surface area contributed by atoms with Gasteiger partial charge in [-0.1, -0.05) is 6.92 Å². The fraction of sp³-hybridized carbons (Fsp3) is 0.500. The molecule has 6 heteroatoms. The number of benzene rings is 1. The minimum absolute atomic E-state index is 0.292. The lowest BCUT2D eigenvalue weighted by Crippen LogP contribution is -2.18. The molecule has 1 heterocycles. The van der Waals surface area contributed by atoms with Crippen LogP contribution >= 0.6 is 0 Å². The predicted molar refractivity (Wildman–Crippen MR) is 74.3 cm³/mol. The number of hydrogen-bond acceptors (Lipinski definition) is 4. The van der Waals surface area contributed by atoms with E-state index in [1.165, 1.54) is 25.0 Å². The van der Waals surface area contributed by atoms with Gasteiger partial charge in [-0.05, 0) is 60.2 Å². The number of hydrogen-bond donors (Lipinski definition) is 1. The Morgan fingerprint density at radius 1 is 1.20 bits per heavy atom. The van der Waals surface area contributed by atoms with Gasteiger partial charge in [0.25, 0.3) is 0 Å². The van der Waals surface area contributed by atoms with Gasteiger partial charge in [0.15, 0.2) is 5.82 Å². The smallest absolute Gasteiger partial charge is 0.182 e. The van der Waals surface area contributed by atoms with Crippen LogP contribution in [0.25, 0.3) is 11.4 Å². The third-order valence-electron chi connectivity index (χ3n) is 4.00. The number of nitrogens with zero attached hydrogens (tertiary/aromatic N) is 4. The van der Waals surface area contributed by atoms with E-state index in [9.17, 15) is 4.39 Å². The molecule has 0 atom stereocenters. The minimum atomic E-state index is -0.369. The first-order chi connectivity index (χ1) is 9.63. The SMILES string of the molecule is CC1CCC(n2nnnc2-c2cc(N)cc(F)c2)CC1. The quantitative estimate of drug-likeness (QED) is 0.856. The van der Waals surface area contributed by atoms with Gasteiger partial charge in [-0.3, -0.25) is 0 Å². The average Bonchev–Trinajstić information content (AvgIpc) is 2.87. The zero-order valence-corrected chi connectivity index (χ0v) is 11.5. The second-order valence-electron chi connectivity index (χ2n) is 5.63. The van der Waals surface area contributed by atoms with Gasteiger partial charge in [0, 0.05) is 11.3 Å². The summed E-state index contributed by atoms with van der Waals surface area (Å²) in [6.45, 7) is 2.27. The standard InChI is InChI=1S/C14H18FN5/c1-9-2-4-13(5-3-9)20-14(17-18-19-20)10-6-11(15)8-12(16)7-10/h6-9,13H,2-5,16H2,1H3. The van der Waals surface area contributed by atoms with Crippen molar-refractivity contribution in [3.8, 4) is 11.4 Å². The summed E-state index contributed by atoms with van der Waals surface area (Å²) in [6, 6.07) is 4.71. The van der Waals surface area contributed by atoms with Crippen LogP contribution in [-0.4, -0.2) is 20.2 Å². The lowest BCUT2D eigenvalue weighted by molar-refractivity contribution is 0.272. The van der Waals surface area contributed by atoms with Crippen LogP contribution in [0.1, 0.15) is 38.6 Å². The molecule has 2 N–H and O–H groups in total. The van der Waals surface area contributed by atoms with E-state index in [4.69, 9.17) is 5.73 Å².